The second-order valence-electron chi connectivity index (χ2n) is 9.99. The number of benzene rings is 2. The molecule has 1 atom stereocenters. The molecule has 0 saturated carbocycles. The van der Waals surface area contributed by atoms with Crippen LogP contribution in [-0.2, 0) is 28.2 Å². The van der Waals surface area contributed by atoms with E-state index in [1.54, 1.807) is 18.2 Å². The summed E-state index contributed by atoms with van der Waals surface area (Å²) in [6, 6.07) is 10.7. The zero-order valence-corrected chi connectivity index (χ0v) is 22.1. The molecule has 13 heteroatoms. The van der Waals surface area contributed by atoms with Gasteiger partial charge in [-0.25, -0.2) is 0 Å². The zero-order chi connectivity index (χ0) is 29.9. The van der Waals surface area contributed by atoms with Crippen molar-refractivity contribution in [2.45, 2.75) is 43.7 Å². The van der Waals surface area contributed by atoms with Crippen molar-refractivity contribution in [2.24, 2.45) is 5.73 Å². The van der Waals surface area contributed by atoms with Crippen LogP contribution in [0.15, 0.2) is 42.6 Å². The van der Waals surface area contributed by atoms with Crippen molar-refractivity contribution in [2.75, 3.05) is 26.7 Å². The van der Waals surface area contributed by atoms with E-state index in [0.29, 0.717) is 29.9 Å². The Morgan fingerprint density at radius 2 is 1.85 bits per heavy atom. The highest BCUT2D eigenvalue weighted by atomic mass is 19.4. The van der Waals surface area contributed by atoms with Gasteiger partial charge in [-0.2, -0.15) is 18.4 Å². The molecule has 1 fully saturated rings. The average molecular weight is 575 g/mol. The molecule has 1 aliphatic heterocycles. The van der Waals surface area contributed by atoms with Crippen LogP contribution in [-0.4, -0.2) is 70.6 Å². The van der Waals surface area contributed by atoms with Gasteiger partial charge in [0.2, 0.25) is 11.5 Å². The summed E-state index contributed by atoms with van der Waals surface area (Å²) < 4.78 is 56.2. The highest BCUT2D eigenvalue weighted by Gasteiger charge is 2.57. The number of nitriles is 1. The van der Waals surface area contributed by atoms with Crippen LogP contribution in [0.5, 0.6) is 11.5 Å². The molecule has 0 spiro atoms. The molecular formula is C28H29F3N4O6. The quantitative estimate of drug-likeness (QED) is 0.335. The first-order valence-corrected chi connectivity index (χ1v) is 12.7. The highest BCUT2D eigenvalue weighted by Crippen LogP contribution is 2.44. The van der Waals surface area contributed by atoms with Crippen LogP contribution < -0.4 is 15.2 Å². The summed E-state index contributed by atoms with van der Waals surface area (Å²) in [4.78, 5) is 24.1. The Hall–Kier alpha value is -4.28. The number of aliphatic hydroxyl groups is 1. The summed E-state index contributed by atoms with van der Waals surface area (Å²) in [6.07, 6.45) is -3.79. The Kier molecular flexibility index (Phi) is 8.46. The number of carbonyl (C=O) groups excluding carboxylic acids is 1. The number of ether oxygens (including phenoxy) is 2. The first-order valence-electron chi connectivity index (χ1n) is 12.7. The lowest BCUT2D eigenvalue weighted by molar-refractivity contribution is -0.272. The van der Waals surface area contributed by atoms with Crippen molar-refractivity contribution in [3.05, 3.63) is 59.3 Å². The smallest absolute Gasteiger partial charge is 0.422 e. The summed E-state index contributed by atoms with van der Waals surface area (Å²) in [7, 11) is 1.43. The maximum absolute atomic E-state index is 14.5. The molecule has 4 N–H and O–H groups in total. The number of carboxylic acid groups (broad SMARTS) is 1. The van der Waals surface area contributed by atoms with Gasteiger partial charge in [-0.15, -0.1) is 0 Å². The van der Waals surface area contributed by atoms with Gasteiger partial charge in [0.05, 0.1) is 30.7 Å². The highest BCUT2D eigenvalue weighted by molar-refractivity contribution is 5.88. The first-order chi connectivity index (χ1) is 19.3. The predicted molar refractivity (Wildman–Crippen MR) is 140 cm³/mol. The van der Waals surface area contributed by atoms with E-state index in [2.05, 4.69) is 0 Å². The number of halogens is 3. The number of carboxylic acids is 1. The second-order valence-corrected chi connectivity index (χ2v) is 9.99. The Morgan fingerprint density at radius 1 is 1.15 bits per heavy atom. The summed E-state index contributed by atoms with van der Waals surface area (Å²) in [5, 5.41) is 29.6. The van der Waals surface area contributed by atoms with Gasteiger partial charge in [-0.3, -0.25) is 14.5 Å². The average Bonchev–Trinajstić information content (AvgIpc) is 3.26. The van der Waals surface area contributed by atoms with Gasteiger partial charge < -0.3 is 30.0 Å². The van der Waals surface area contributed by atoms with E-state index in [1.165, 1.54) is 34.8 Å². The number of carbonyl (C=O) groups is 2. The second kappa shape index (κ2) is 11.7. The van der Waals surface area contributed by atoms with E-state index in [-0.39, 0.29) is 42.1 Å². The number of fused-ring (bicyclic) bond motifs is 1. The minimum absolute atomic E-state index is 0.0572. The van der Waals surface area contributed by atoms with Crippen molar-refractivity contribution in [3.63, 3.8) is 0 Å². The molecule has 3 aromatic rings. The van der Waals surface area contributed by atoms with Crippen molar-refractivity contribution < 1.29 is 42.4 Å². The van der Waals surface area contributed by atoms with E-state index in [0.717, 1.165) is 6.20 Å². The van der Waals surface area contributed by atoms with Crippen LogP contribution in [0.2, 0.25) is 0 Å². The number of nitrogens with two attached hydrogens (primary N) is 1. The molecular weight excluding hydrogens is 545 g/mol. The van der Waals surface area contributed by atoms with Gasteiger partial charge in [0.1, 0.15) is 12.6 Å². The predicted octanol–water partition coefficient (Wildman–Crippen LogP) is 2.93. The molecule has 0 radical (unpaired) electrons. The third-order valence-corrected chi connectivity index (χ3v) is 7.12. The monoisotopic (exact) mass is 574 g/mol. The van der Waals surface area contributed by atoms with E-state index in [1.807, 2.05) is 6.07 Å². The molecule has 1 amide bonds. The normalized spacial score (nSPS) is 16.2. The minimum atomic E-state index is -5.06. The number of hydrogen-bond acceptors (Lipinski definition) is 7. The summed E-state index contributed by atoms with van der Waals surface area (Å²) in [6.45, 7) is -0.795. The largest absolute Gasteiger partial charge is 0.493 e. The fourth-order valence-electron chi connectivity index (χ4n) is 5.10. The van der Waals surface area contributed by atoms with Crippen LogP contribution in [0.4, 0.5) is 13.2 Å². The molecule has 1 aromatic heterocycles. The molecule has 2 aromatic carbocycles. The fraction of sp³-hybridized carbons (Fsp3) is 0.393. The lowest BCUT2D eigenvalue weighted by Gasteiger charge is -2.39. The Labute approximate surface area is 233 Å². The molecule has 1 saturated heterocycles. The molecule has 0 aliphatic carbocycles. The van der Waals surface area contributed by atoms with E-state index in [9.17, 15) is 33.1 Å². The number of alkyl halides is 3. The Balaban J connectivity index is 1.54. The number of likely N-dealkylation sites (tertiary alicyclic amines) is 1. The Morgan fingerprint density at radius 3 is 2.44 bits per heavy atom. The van der Waals surface area contributed by atoms with Crippen LogP contribution in [0.1, 0.15) is 29.5 Å². The number of hydrogen-bond donors (Lipinski definition) is 3. The van der Waals surface area contributed by atoms with E-state index < -0.39 is 42.3 Å². The number of aromatic nitrogens is 1. The first kappa shape index (κ1) is 29.7. The molecule has 2 heterocycles. The molecule has 41 heavy (non-hydrogen) atoms. The molecule has 218 valence electrons. The Bertz CT molecular complexity index is 1490. The van der Waals surface area contributed by atoms with Crippen LogP contribution >= 0.6 is 0 Å². The fourth-order valence-corrected chi connectivity index (χ4v) is 5.10. The summed E-state index contributed by atoms with van der Waals surface area (Å²) >= 11 is 0. The number of rotatable bonds is 10. The molecule has 1 unspecified atom stereocenters. The van der Waals surface area contributed by atoms with E-state index >= 15 is 0 Å². The van der Waals surface area contributed by atoms with Gasteiger partial charge in [0.15, 0.2) is 11.5 Å². The molecule has 1 aliphatic rings. The lowest BCUT2D eigenvalue weighted by atomic mass is 9.90. The van der Waals surface area contributed by atoms with Crippen molar-refractivity contribution in [1.82, 2.24) is 9.47 Å². The van der Waals surface area contributed by atoms with Crippen LogP contribution in [0.25, 0.3) is 10.9 Å². The number of aliphatic carboxylic acids is 1. The van der Waals surface area contributed by atoms with Crippen molar-refractivity contribution in [3.8, 4) is 17.6 Å². The number of nitrogens with zero attached hydrogens (tertiary/aromatic N) is 3. The van der Waals surface area contributed by atoms with Crippen molar-refractivity contribution >= 4 is 22.8 Å². The van der Waals surface area contributed by atoms with Crippen LogP contribution in [0, 0.1) is 11.3 Å². The maximum atomic E-state index is 14.5. The third-order valence-electron chi connectivity index (χ3n) is 7.12. The number of β-amino-alcohol motifs (C(OH)–C–C–N with tert-alkyl or cyclic N) is 1. The van der Waals surface area contributed by atoms with Gasteiger partial charge >= 0.3 is 12.1 Å². The number of amides is 1. The lowest BCUT2D eigenvalue weighted by Crippen LogP contribution is -2.53. The maximum Gasteiger partial charge on any atom is 0.422 e. The standard InChI is InChI=1S/C28H29F3N4O6/c1-40-24-11-17(12-26(37)38)3-5-23(24)41-19-6-8-34(9-7-19)16-27(39,28(29,30)31)21-14-35(15-25(33)36)22-10-18(13-32)2-4-20(21)22/h2-5,10-11,14,19,39H,6-9,12,15-16H2,1H3,(H2,33,36)(H,37,38). The minimum Gasteiger partial charge on any atom is -0.493 e. The zero-order valence-electron chi connectivity index (χ0n) is 22.1. The molecule has 10 nitrogen and oxygen atoms in total. The number of primary amides is 1. The SMILES string of the molecule is COc1cc(CC(=O)O)ccc1OC1CCN(CC(O)(c2cn(CC(N)=O)c3cc(C#N)ccc23)C(F)(F)F)CC1. The van der Waals surface area contributed by atoms with Gasteiger partial charge in [0, 0.05) is 36.8 Å². The van der Waals surface area contributed by atoms with Gasteiger partial charge in [0.25, 0.3) is 0 Å². The third kappa shape index (κ3) is 6.39. The molecule has 0 bridgehead atoms. The number of methoxy groups -OCH3 is 1. The van der Waals surface area contributed by atoms with Crippen LogP contribution in [0.3, 0.4) is 0 Å². The molecule has 4 rings (SSSR count). The summed E-state index contributed by atoms with van der Waals surface area (Å²) in [5.41, 5.74) is 2.47. The van der Waals surface area contributed by atoms with Gasteiger partial charge in [-0.05, 0) is 42.7 Å². The van der Waals surface area contributed by atoms with Gasteiger partial charge in [-0.1, -0.05) is 12.1 Å². The summed E-state index contributed by atoms with van der Waals surface area (Å²) in [5.74, 6) is -1.03. The topological polar surface area (TPSA) is 151 Å². The van der Waals surface area contributed by atoms with Crippen molar-refractivity contribution in [1.29, 1.82) is 5.26 Å². The van der Waals surface area contributed by atoms with E-state index in [4.69, 9.17) is 20.3 Å². The number of piperidine rings is 1.